The first kappa shape index (κ1) is 11.0. The van der Waals surface area contributed by atoms with E-state index in [0.29, 0.717) is 6.61 Å². The van der Waals surface area contributed by atoms with E-state index in [-0.39, 0.29) is 0 Å². The molecule has 0 rings (SSSR count). The number of nitrogens with zero attached hydrogens (tertiary/aromatic N) is 1. The second-order valence-corrected chi connectivity index (χ2v) is 1.81. The Morgan fingerprint density at radius 1 is 1.62 bits per heavy atom. The SMILES string of the molecule is CCOC=C(C#N)C(=O)OC(N)=O. The molecule has 0 radical (unpaired) electrons. The molecule has 0 aromatic heterocycles. The normalized spacial score (nSPS) is 10.0. The van der Waals surface area contributed by atoms with Gasteiger partial charge in [-0.25, -0.2) is 9.59 Å². The van der Waals surface area contributed by atoms with Crippen molar-refractivity contribution in [1.82, 2.24) is 0 Å². The number of hydrogen-bond donors (Lipinski definition) is 1. The van der Waals surface area contributed by atoms with Gasteiger partial charge in [-0.15, -0.1) is 0 Å². The lowest BCUT2D eigenvalue weighted by Crippen LogP contribution is -2.19. The van der Waals surface area contributed by atoms with Gasteiger partial charge >= 0.3 is 12.1 Å². The molecule has 6 nitrogen and oxygen atoms in total. The fourth-order valence-electron chi connectivity index (χ4n) is 0.433. The van der Waals surface area contributed by atoms with Crippen molar-refractivity contribution in [2.75, 3.05) is 6.61 Å². The van der Waals surface area contributed by atoms with Gasteiger partial charge in [-0.2, -0.15) is 5.26 Å². The van der Waals surface area contributed by atoms with Crippen molar-refractivity contribution in [2.45, 2.75) is 6.92 Å². The molecule has 0 spiro atoms. The summed E-state index contributed by atoms with van der Waals surface area (Å²) in [5.41, 5.74) is 4.14. The van der Waals surface area contributed by atoms with Crippen LogP contribution in [0, 0.1) is 11.3 Å². The van der Waals surface area contributed by atoms with Gasteiger partial charge in [0.25, 0.3) is 0 Å². The zero-order chi connectivity index (χ0) is 10.3. The molecule has 0 aromatic carbocycles. The summed E-state index contributed by atoms with van der Waals surface area (Å²) in [6.45, 7) is 1.97. The Morgan fingerprint density at radius 2 is 2.23 bits per heavy atom. The number of carbonyl (C=O) groups is 2. The van der Waals surface area contributed by atoms with Crippen LogP contribution in [0.2, 0.25) is 0 Å². The van der Waals surface area contributed by atoms with E-state index >= 15 is 0 Å². The fourth-order valence-corrected chi connectivity index (χ4v) is 0.433. The van der Waals surface area contributed by atoms with E-state index in [9.17, 15) is 9.59 Å². The number of carbonyl (C=O) groups excluding carboxylic acids is 2. The number of hydrogen-bond acceptors (Lipinski definition) is 5. The molecule has 0 saturated carbocycles. The van der Waals surface area contributed by atoms with Gasteiger partial charge in [-0.1, -0.05) is 0 Å². The number of rotatable bonds is 3. The molecule has 0 heterocycles. The first-order chi connectivity index (χ1) is 6.11. The average molecular weight is 184 g/mol. The van der Waals surface area contributed by atoms with Crippen molar-refractivity contribution in [2.24, 2.45) is 5.73 Å². The Labute approximate surface area is 74.5 Å². The van der Waals surface area contributed by atoms with E-state index in [1.54, 1.807) is 6.92 Å². The minimum atomic E-state index is -1.26. The van der Waals surface area contributed by atoms with Crippen LogP contribution in [0.1, 0.15) is 6.92 Å². The number of primary amides is 1. The summed E-state index contributed by atoms with van der Waals surface area (Å²) >= 11 is 0. The summed E-state index contributed by atoms with van der Waals surface area (Å²) in [4.78, 5) is 20.9. The number of ether oxygens (including phenoxy) is 2. The minimum Gasteiger partial charge on any atom is -0.500 e. The number of nitriles is 1. The number of nitrogens with two attached hydrogens (primary N) is 1. The van der Waals surface area contributed by atoms with E-state index in [1.165, 1.54) is 6.07 Å². The maximum absolute atomic E-state index is 10.8. The van der Waals surface area contributed by atoms with E-state index in [0.717, 1.165) is 6.26 Å². The second kappa shape index (κ2) is 5.60. The molecule has 0 atom stereocenters. The summed E-state index contributed by atoms with van der Waals surface area (Å²) in [5, 5.41) is 8.38. The fraction of sp³-hybridized carbons (Fsp3) is 0.286. The summed E-state index contributed by atoms with van der Waals surface area (Å²) in [5.74, 6) is -1.12. The molecule has 1 amide bonds. The van der Waals surface area contributed by atoms with Crippen molar-refractivity contribution in [3.05, 3.63) is 11.8 Å². The van der Waals surface area contributed by atoms with E-state index < -0.39 is 17.6 Å². The Bertz CT molecular complexity index is 277. The van der Waals surface area contributed by atoms with Crippen LogP contribution in [0.3, 0.4) is 0 Å². The number of esters is 1. The first-order valence-electron chi connectivity index (χ1n) is 3.35. The second-order valence-electron chi connectivity index (χ2n) is 1.81. The topological polar surface area (TPSA) is 102 Å². The van der Waals surface area contributed by atoms with E-state index in [4.69, 9.17) is 5.26 Å². The molecule has 0 bridgehead atoms. The van der Waals surface area contributed by atoms with E-state index in [2.05, 4.69) is 15.2 Å². The Balaban J connectivity index is 4.34. The van der Waals surface area contributed by atoms with Crippen molar-refractivity contribution >= 4 is 12.1 Å². The highest BCUT2D eigenvalue weighted by Crippen LogP contribution is 1.96. The number of amides is 1. The molecular formula is C7H8N2O4. The van der Waals surface area contributed by atoms with Gasteiger partial charge in [0.05, 0.1) is 6.61 Å². The van der Waals surface area contributed by atoms with Crippen molar-refractivity contribution in [3.63, 3.8) is 0 Å². The lowest BCUT2D eigenvalue weighted by atomic mass is 10.3. The molecule has 0 unspecified atom stereocenters. The van der Waals surface area contributed by atoms with Crippen molar-refractivity contribution < 1.29 is 19.1 Å². The molecule has 0 aliphatic rings. The van der Waals surface area contributed by atoms with Crippen LogP contribution in [0.25, 0.3) is 0 Å². The maximum atomic E-state index is 10.8. The highest BCUT2D eigenvalue weighted by molar-refractivity contribution is 5.98. The van der Waals surface area contributed by atoms with E-state index in [1.807, 2.05) is 0 Å². The third-order valence-corrected chi connectivity index (χ3v) is 0.902. The minimum absolute atomic E-state index is 0.301. The summed E-state index contributed by atoms with van der Waals surface area (Å²) in [6, 6.07) is 1.50. The molecule has 0 saturated heterocycles. The smallest absolute Gasteiger partial charge is 0.412 e. The molecule has 0 aromatic rings. The third-order valence-electron chi connectivity index (χ3n) is 0.902. The van der Waals surface area contributed by atoms with Gasteiger partial charge in [-0.3, -0.25) is 0 Å². The lowest BCUT2D eigenvalue weighted by Gasteiger charge is -1.97. The predicted octanol–water partition coefficient (Wildman–Crippen LogP) is 0.0523. The molecule has 13 heavy (non-hydrogen) atoms. The van der Waals surface area contributed by atoms with Crippen LogP contribution in [-0.4, -0.2) is 18.7 Å². The van der Waals surface area contributed by atoms with Crippen LogP contribution in [0.5, 0.6) is 0 Å². The molecule has 0 aliphatic carbocycles. The van der Waals surface area contributed by atoms with Crippen molar-refractivity contribution in [1.29, 1.82) is 5.26 Å². The van der Waals surface area contributed by atoms with Gasteiger partial charge in [-0.05, 0) is 6.92 Å². The van der Waals surface area contributed by atoms with Crippen molar-refractivity contribution in [3.8, 4) is 6.07 Å². The average Bonchev–Trinajstić information content (AvgIpc) is 2.04. The summed E-state index contributed by atoms with van der Waals surface area (Å²) in [6.07, 6.45) is -0.353. The standard InChI is InChI=1S/C7H8N2O4/c1-2-12-4-5(3-8)6(10)13-7(9)11/h4H,2H2,1H3,(H2,9,11). The predicted molar refractivity (Wildman–Crippen MR) is 41.0 cm³/mol. The lowest BCUT2D eigenvalue weighted by molar-refractivity contribution is -0.132. The van der Waals surface area contributed by atoms with Gasteiger partial charge in [0.15, 0.2) is 5.57 Å². The highest BCUT2D eigenvalue weighted by Gasteiger charge is 2.13. The maximum Gasteiger partial charge on any atom is 0.412 e. The van der Waals surface area contributed by atoms with Gasteiger partial charge in [0.1, 0.15) is 12.3 Å². The largest absolute Gasteiger partial charge is 0.500 e. The molecule has 70 valence electrons. The zero-order valence-electron chi connectivity index (χ0n) is 6.94. The summed E-state index contributed by atoms with van der Waals surface area (Å²) < 4.78 is 8.58. The molecule has 6 heteroatoms. The summed E-state index contributed by atoms with van der Waals surface area (Å²) in [7, 11) is 0. The van der Waals surface area contributed by atoms with Gasteiger partial charge in [0, 0.05) is 0 Å². The van der Waals surface area contributed by atoms with Crippen LogP contribution in [0.15, 0.2) is 11.8 Å². The van der Waals surface area contributed by atoms with Gasteiger partial charge in [0.2, 0.25) is 0 Å². The van der Waals surface area contributed by atoms with Crippen LogP contribution in [0.4, 0.5) is 4.79 Å². The molecule has 0 aliphatic heterocycles. The molecule has 2 N–H and O–H groups in total. The highest BCUT2D eigenvalue weighted by atomic mass is 16.6. The van der Waals surface area contributed by atoms with Crippen LogP contribution >= 0.6 is 0 Å². The Morgan fingerprint density at radius 3 is 2.62 bits per heavy atom. The third kappa shape index (κ3) is 4.42. The molecule has 0 fully saturated rings. The first-order valence-corrected chi connectivity index (χ1v) is 3.35. The monoisotopic (exact) mass is 184 g/mol. The van der Waals surface area contributed by atoms with Crippen LogP contribution in [-0.2, 0) is 14.3 Å². The Hall–Kier alpha value is -2.03. The Kier molecular flexibility index (Phi) is 4.72. The molecular weight excluding hydrogens is 176 g/mol. The van der Waals surface area contributed by atoms with Gasteiger partial charge < -0.3 is 15.2 Å². The quantitative estimate of drug-likeness (QED) is 0.219. The van der Waals surface area contributed by atoms with Crippen LogP contribution < -0.4 is 5.73 Å². The zero-order valence-corrected chi connectivity index (χ0v) is 6.94.